The Balaban J connectivity index is 1.76. The summed E-state index contributed by atoms with van der Waals surface area (Å²) in [6.07, 6.45) is 7.22. The number of ether oxygens (including phenoxy) is 3. The maximum Gasteiger partial charge on any atom is 0.337 e. The average molecular weight is 426 g/mol. The zero-order chi connectivity index (χ0) is 22.0. The monoisotopic (exact) mass is 425 g/mol. The van der Waals surface area contributed by atoms with Crippen molar-refractivity contribution in [2.45, 2.75) is 70.3 Å². The molecule has 1 aromatic rings. The molecule has 0 aromatic heterocycles. The number of ketones is 1. The Morgan fingerprint density at radius 1 is 1.00 bits per heavy atom. The third kappa shape index (κ3) is 4.21. The van der Waals surface area contributed by atoms with Crippen LogP contribution >= 0.6 is 0 Å². The lowest BCUT2D eigenvalue weighted by Gasteiger charge is -2.35. The van der Waals surface area contributed by atoms with Crippen LogP contribution in [-0.4, -0.2) is 32.1 Å². The highest BCUT2D eigenvalue weighted by atomic mass is 16.5. The van der Waals surface area contributed by atoms with Crippen molar-refractivity contribution in [3.63, 3.8) is 0 Å². The van der Waals surface area contributed by atoms with Crippen molar-refractivity contribution in [1.29, 1.82) is 0 Å². The van der Waals surface area contributed by atoms with Gasteiger partial charge < -0.3 is 19.5 Å². The first-order valence-electron chi connectivity index (χ1n) is 11.2. The Labute approximate surface area is 183 Å². The number of nitrogens with one attached hydrogen (secondary N) is 1. The molecule has 1 aromatic carbocycles. The quantitative estimate of drug-likeness (QED) is 0.698. The standard InChI is InChI=1S/C25H31NO5/c1-15-22(25(28)31-17-8-5-4-6-9-17)23(24-18(26-15)10-7-11-19(24)27)16-12-13-20(29-2)21(14-16)30-3/h12-14,17,23,26H,4-11H2,1-3H3/t23-/m1/s1. The lowest BCUT2D eigenvalue weighted by molar-refractivity contribution is -0.146. The third-order valence-electron chi connectivity index (χ3n) is 6.56. The van der Waals surface area contributed by atoms with Gasteiger partial charge in [-0.25, -0.2) is 4.79 Å². The summed E-state index contributed by atoms with van der Waals surface area (Å²) in [4.78, 5) is 26.4. The Morgan fingerprint density at radius 2 is 1.74 bits per heavy atom. The van der Waals surface area contributed by atoms with Gasteiger partial charge in [0.25, 0.3) is 0 Å². The number of Topliss-reactive ketones (excluding diaryl/α,β-unsaturated/α-hetero) is 1. The molecule has 0 radical (unpaired) electrons. The van der Waals surface area contributed by atoms with Gasteiger partial charge in [-0.2, -0.15) is 0 Å². The largest absolute Gasteiger partial charge is 0.493 e. The molecular weight excluding hydrogens is 394 g/mol. The van der Waals surface area contributed by atoms with Crippen LogP contribution in [0, 0.1) is 0 Å². The van der Waals surface area contributed by atoms with E-state index in [1.165, 1.54) is 6.42 Å². The van der Waals surface area contributed by atoms with Crippen molar-refractivity contribution in [2.24, 2.45) is 0 Å². The second-order valence-electron chi connectivity index (χ2n) is 8.55. The minimum absolute atomic E-state index is 0.0509. The molecule has 1 saturated carbocycles. The van der Waals surface area contributed by atoms with Gasteiger partial charge in [-0.15, -0.1) is 0 Å². The molecule has 0 spiro atoms. The van der Waals surface area contributed by atoms with Crippen LogP contribution in [-0.2, 0) is 14.3 Å². The molecule has 0 bridgehead atoms. The van der Waals surface area contributed by atoms with Crippen LogP contribution in [0.1, 0.15) is 69.8 Å². The number of hydrogen-bond acceptors (Lipinski definition) is 6. The van der Waals surface area contributed by atoms with E-state index in [1.807, 2.05) is 25.1 Å². The molecule has 6 heteroatoms. The van der Waals surface area contributed by atoms with Gasteiger partial charge in [0.2, 0.25) is 0 Å². The number of rotatable bonds is 5. The summed E-state index contributed by atoms with van der Waals surface area (Å²) in [6.45, 7) is 1.90. The SMILES string of the molecule is COc1ccc([C@@H]2C(C(=O)OC3CCCCC3)=C(C)NC3=C2C(=O)CCC3)cc1OC. The first-order valence-corrected chi connectivity index (χ1v) is 11.2. The van der Waals surface area contributed by atoms with E-state index in [1.54, 1.807) is 14.2 Å². The first kappa shape index (κ1) is 21.5. The van der Waals surface area contributed by atoms with Crippen LogP contribution in [0.4, 0.5) is 0 Å². The molecule has 0 saturated heterocycles. The molecule has 1 atom stereocenters. The van der Waals surface area contributed by atoms with Gasteiger partial charge in [-0.05, 0) is 63.1 Å². The molecule has 0 amide bonds. The number of methoxy groups -OCH3 is 2. The Bertz CT molecular complexity index is 939. The normalized spacial score (nSPS) is 22.0. The molecule has 2 aliphatic carbocycles. The second kappa shape index (κ2) is 9.16. The van der Waals surface area contributed by atoms with Gasteiger partial charge in [0, 0.05) is 29.3 Å². The minimum Gasteiger partial charge on any atom is -0.493 e. The third-order valence-corrected chi connectivity index (χ3v) is 6.56. The van der Waals surface area contributed by atoms with Crippen LogP contribution in [0.15, 0.2) is 40.7 Å². The Kier molecular flexibility index (Phi) is 6.35. The minimum atomic E-state index is -0.472. The fraction of sp³-hybridized carbons (Fsp3) is 0.520. The second-order valence-corrected chi connectivity index (χ2v) is 8.55. The van der Waals surface area contributed by atoms with E-state index in [0.29, 0.717) is 29.1 Å². The van der Waals surface area contributed by atoms with E-state index in [4.69, 9.17) is 14.2 Å². The van der Waals surface area contributed by atoms with Gasteiger partial charge in [-0.3, -0.25) is 4.79 Å². The molecule has 3 aliphatic rings. The van der Waals surface area contributed by atoms with Gasteiger partial charge >= 0.3 is 5.97 Å². The molecule has 31 heavy (non-hydrogen) atoms. The fourth-order valence-corrected chi connectivity index (χ4v) is 5.02. The Hall–Kier alpha value is -2.76. The lowest BCUT2D eigenvalue weighted by atomic mass is 9.75. The van der Waals surface area contributed by atoms with Crippen LogP contribution in [0.25, 0.3) is 0 Å². The summed E-state index contributed by atoms with van der Waals surface area (Å²) < 4.78 is 16.8. The summed E-state index contributed by atoms with van der Waals surface area (Å²) in [6, 6.07) is 5.59. The van der Waals surface area contributed by atoms with Crippen LogP contribution < -0.4 is 14.8 Å². The van der Waals surface area contributed by atoms with E-state index in [0.717, 1.165) is 55.5 Å². The number of dihydropyridines is 1. The molecule has 166 valence electrons. The summed E-state index contributed by atoms with van der Waals surface area (Å²) in [7, 11) is 3.17. The summed E-state index contributed by atoms with van der Waals surface area (Å²) in [5.41, 5.74) is 3.71. The van der Waals surface area contributed by atoms with Crippen molar-refractivity contribution in [3.8, 4) is 11.5 Å². The molecule has 4 rings (SSSR count). The highest BCUT2D eigenvalue weighted by molar-refractivity contribution is 6.03. The molecule has 0 unspecified atom stereocenters. The lowest BCUT2D eigenvalue weighted by Crippen LogP contribution is -2.35. The number of carbonyl (C=O) groups is 2. The fourth-order valence-electron chi connectivity index (χ4n) is 5.02. The zero-order valence-corrected chi connectivity index (χ0v) is 18.6. The van der Waals surface area contributed by atoms with Gasteiger partial charge in [-0.1, -0.05) is 12.5 Å². The summed E-state index contributed by atoms with van der Waals surface area (Å²) in [5, 5.41) is 3.35. The van der Waals surface area contributed by atoms with Crippen LogP contribution in [0.2, 0.25) is 0 Å². The van der Waals surface area contributed by atoms with Crippen molar-refractivity contribution >= 4 is 11.8 Å². The van der Waals surface area contributed by atoms with E-state index in [-0.39, 0.29) is 17.9 Å². The molecule has 1 N–H and O–H groups in total. The first-order chi connectivity index (χ1) is 15.0. The number of benzene rings is 1. The van der Waals surface area contributed by atoms with Crippen molar-refractivity contribution in [2.75, 3.05) is 14.2 Å². The Morgan fingerprint density at radius 3 is 2.45 bits per heavy atom. The number of hydrogen-bond donors (Lipinski definition) is 1. The maximum atomic E-state index is 13.4. The zero-order valence-electron chi connectivity index (χ0n) is 18.6. The predicted molar refractivity (Wildman–Crippen MR) is 117 cm³/mol. The number of allylic oxidation sites excluding steroid dienone is 3. The number of esters is 1. The number of carbonyl (C=O) groups excluding carboxylic acids is 2. The average Bonchev–Trinajstić information content (AvgIpc) is 2.78. The van der Waals surface area contributed by atoms with Crippen molar-refractivity contribution < 1.29 is 23.8 Å². The van der Waals surface area contributed by atoms with Gasteiger partial charge in [0.05, 0.1) is 19.8 Å². The van der Waals surface area contributed by atoms with Crippen molar-refractivity contribution in [1.82, 2.24) is 5.32 Å². The molecule has 6 nitrogen and oxygen atoms in total. The van der Waals surface area contributed by atoms with Crippen LogP contribution in [0.5, 0.6) is 11.5 Å². The molecule has 1 fully saturated rings. The van der Waals surface area contributed by atoms with Crippen molar-refractivity contribution in [3.05, 3.63) is 46.3 Å². The van der Waals surface area contributed by atoms with Gasteiger partial charge in [0.1, 0.15) is 6.10 Å². The molecular formula is C25H31NO5. The topological polar surface area (TPSA) is 73.9 Å². The summed E-state index contributed by atoms with van der Waals surface area (Å²) >= 11 is 0. The molecule has 1 heterocycles. The van der Waals surface area contributed by atoms with E-state index in [2.05, 4.69) is 5.32 Å². The smallest absolute Gasteiger partial charge is 0.337 e. The van der Waals surface area contributed by atoms with E-state index < -0.39 is 5.92 Å². The predicted octanol–water partition coefficient (Wildman–Crippen LogP) is 4.55. The van der Waals surface area contributed by atoms with E-state index >= 15 is 0 Å². The summed E-state index contributed by atoms with van der Waals surface area (Å²) in [5.74, 6) is 0.462. The van der Waals surface area contributed by atoms with Gasteiger partial charge in [0.15, 0.2) is 17.3 Å². The molecule has 1 aliphatic heterocycles. The van der Waals surface area contributed by atoms with E-state index in [9.17, 15) is 9.59 Å². The highest BCUT2D eigenvalue weighted by Gasteiger charge is 2.40. The van der Waals surface area contributed by atoms with Crippen LogP contribution in [0.3, 0.4) is 0 Å². The maximum absolute atomic E-state index is 13.4. The highest BCUT2D eigenvalue weighted by Crippen LogP contribution is 2.44.